The first-order valence-electron chi connectivity index (χ1n) is 6.19. The molecule has 0 aliphatic rings. The van der Waals surface area contributed by atoms with Crippen molar-refractivity contribution in [3.63, 3.8) is 0 Å². The third-order valence-electron chi connectivity index (χ3n) is 3.66. The Morgan fingerprint density at radius 1 is 0.778 bits per heavy atom. The average molecular weight is 240 g/mol. The van der Waals surface area contributed by atoms with Gasteiger partial charge in [-0.3, -0.25) is 0 Å². The van der Waals surface area contributed by atoms with E-state index in [-0.39, 0.29) is 0 Å². The van der Waals surface area contributed by atoms with Crippen LogP contribution in [0, 0.1) is 27.7 Å². The number of rotatable bonds is 2. The largest absolute Gasteiger partial charge is 0.397 e. The second-order valence-corrected chi connectivity index (χ2v) is 4.84. The highest BCUT2D eigenvalue weighted by Gasteiger charge is 2.06. The molecule has 0 fully saturated rings. The zero-order valence-electron chi connectivity index (χ0n) is 11.5. The predicted octanol–water partition coefficient (Wildman–Crippen LogP) is 4.25. The Kier molecular flexibility index (Phi) is 3.28. The van der Waals surface area contributed by atoms with E-state index in [0.29, 0.717) is 0 Å². The smallest absolute Gasteiger partial charge is 0.0620 e. The van der Waals surface area contributed by atoms with E-state index in [9.17, 15) is 0 Å². The Labute approximate surface area is 109 Å². The Hall–Kier alpha value is -1.96. The number of nitrogens with one attached hydrogen (secondary N) is 1. The zero-order valence-corrected chi connectivity index (χ0v) is 11.5. The minimum atomic E-state index is 0.830. The molecule has 2 nitrogen and oxygen atoms in total. The standard InChI is InChI=1S/C16H20N2/c1-10-6-5-7-14(12(10)3)18-15-9-8-11(2)13(4)16(15)17/h5-9,18H,17H2,1-4H3. The molecule has 0 aliphatic heterocycles. The summed E-state index contributed by atoms with van der Waals surface area (Å²) in [4.78, 5) is 0. The van der Waals surface area contributed by atoms with Crippen LogP contribution in [-0.4, -0.2) is 0 Å². The van der Waals surface area contributed by atoms with E-state index in [4.69, 9.17) is 5.73 Å². The number of aryl methyl sites for hydroxylation is 2. The molecule has 0 bridgehead atoms. The molecule has 0 radical (unpaired) electrons. The van der Waals surface area contributed by atoms with Crippen LogP contribution >= 0.6 is 0 Å². The SMILES string of the molecule is Cc1cccc(Nc2ccc(C)c(C)c2N)c1C. The molecule has 0 amide bonds. The summed E-state index contributed by atoms with van der Waals surface area (Å²) in [6.45, 7) is 8.37. The van der Waals surface area contributed by atoms with E-state index < -0.39 is 0 Å². The molecule has 2 aromatic carbocycles. The highest BCUT2D eigenvalue weighted by molar-refractivity contribution is 5.77. The maximum atomic E-state index is 6.16. The Morgan fingerprint density at radius 3 is 2.17 bits per heavy atom. The molecule has 2 rings (SSSR count). The van der Waals surface area contributed by atoms with Gasteiger partial charge in [0.05, 0.1) is 11.4 Å². The molecule has 0 heterocycles. The van der Waals surface area contributed by atoms with Crippen LogP contribution in [-0.2, 0) is 0 Å². The van der Waals surface area contributed by atoms with Crippen molar-refractivity contribution < 1.29 is 0 Å². The van der Waals surface area contributed by atoms with Crippen molar-refractivity contribution in [2.24, 2.45) is 0 Å². The van der Waals surface area contributed by atoms with Crippen LogP contribution in [0.25, 0.3) is 0 Å². The van der Waals surface area contributed by atoms with Crippen molar-refractivity contribution in [2.45, 2.75) is 27.7 Å². The summed E-state index contributed by atoms with van der Waals surface area (Å²) in [5.74, 6) is 0. The lowest BCUT2D eigenvalue weighted by Gasteiger charge is -2.15. The first kappa shape index (κ1) is 12.5. The summed E-state index contributed by atoms with van der Waals surface area (Å²) < 4.78 is 0. The predicted molar refractivity (Wildman–Crippen MR) is 79.5 cm³/mol. The molecule has 0 aromatic heterocycles. The second-order valence-electron chi connectivity index (χ2n) is 4.84. The Bertz CT molecular complexity index is 586. The molecule has 3 N–H and O–H groups in total. The number of hydrogen-bond donors (Lipinski definition) is 2. The highest BCUT2D eigenvalue weighted by atomic mass is 14.9. The van der Waals surface area contributed by atoms with Gasteiger partial charge in [-0.15, -0.1) is 0 Å². The number of nitrogen functional groups attached to an aromatic ring is 1. The Balaban J connectivity index is 2.41. The monoisotopic (exact) mass is 240 g/mol. The lowest BCUT2D eigenvalue weighted by molar-refractivity contribution is 1.31. The summed E-state index contributed by atoms with van der Waals surface area (Å²) >= 11 is 0. The first-order chi connectivity index (χ1) is 8.50. The quantitative estimate of drug-likeness (QED) is 0.770. The van der Waals surface area contributed by atoms with Crippen LogP contribution in [0.3, 0.4) is 0 Å². The van der Waals surface area contributed by atoms with Gasteiger partial charge in [-0.1, -0.05) is 18.2 Å². The van der Waals surface area contributed by atoms with Crippen LogP contribution in [0.15, 0.2) is 30.3 Å². The van der Waals surface area contributed by atoms with E-state index in [1.54, 1.807) is 0 Å². The van der Waals surface area contributed by atoms with E-state index in [1.807, 2.05) is 6.07 Å². The van der Waals surface area contributed by atoms with Crippen LogP contribution in [0.1, 0.15) is 22.3 Å². The second kappa shape index (κ2) is 4.73. The molecule has 0 unspecified atom stereocenters. The molecule has 2 aromatic rings. The minimum absolute atomic E-state index is 0.830. The molecule has 0 aliphatic carbocycles. The molecule has 0 spiro atoms. The molecule has 18 heavy (non-hydrogen) atoms. The van der Waals surface area contributed by atoms with Gasteiger partial charge in [0.15, 0.2) is 0 Å². The van der Waals surface area contributed by atoms with Gasteiger partial charge >= 0.3 is 0 Å². The van der Waals surface area contributed by atoms with Crippen molar-refractivity contribution in [3.8, 4) is 0 Å². The van der Waals surface area contributed by atoms with Crippen LogP contribution in [0.2, 0.25) is 0 Å². The maximum Gasteiger partial charge on any atom is 0.0620 e. The first-order valence-corrected chi connectivity index (χ1v) is 6.19. The van der Waals surface area contributed by atoms with Gasteiger partial charge in [0.2, 0.25) is 0 Å². The number of anilines is 3. The van der Waals surface area contributed by atoms with Crippen molar-refractivity contribution in [1.29, 1.82) is 0 Å². The van der Waals surface area contributed by atoms with E-state index >= 15 is 0 Å². The Morgan fingerprint density at radius 2 is 1.44 bits per heavy atom. The summed E-state index contributed by atoms with van der Waals surface area (Å²) in [5, 5.41) is 3.42. The summed E-state index contributed by atoms with van der Waals surface area (Å²) in [6, 6.07) is 10.4. The van der Waals surface area contributed by atoms with Gasteiger partial charge in [0, 0.05) is 5.69 Å². The highest BCUT2D eigenvalue weighted by Crippen LogP contribution is 2.29. The van der Waals surface area contributed by atoms with Gasteiger partial charge in [0.25, 0.3) is 0 Å². The van der Waals surface area contributed by atoms with Crippen molar-refractivity contribution in [2.75, 3.05) is 11.1 Å². The van der Waals surface area contributed by atoms with Crippen molar-refractivity contribution in [1.82, 2.24) is 0 Å². The lowest BCUT2D eigenvalue weighted by atomic mass is 10.1. The molecular formula is C16H20N2. The van der Waals surface area contributed by atoms with Gasteiger partial charge in [-0.05, 0) is 62.1 Å². The molecular weight excluding hydrogens is 220 g/mol. The average Bonchev–Trinajstić information content (AvgIpc) is 2.35. The van der Waals surface area contributed by atoms with Crippen LogP contribution in [0.5, 0.6) is 0 Å². The summed E-state index contributed by atoms with van der Waals surface area (Å²) in [5.41, 5.74) is 14.0. The van der Waals surface area contributed by atoms with Crippen LogP contribution < -0.4 is 11.1 Å². The fourth-order valence-electron chi connectivity index (χ4n) is 1.98. The van der Waals surface area contributed by atoms with Gasteiger partial charge in [-0.25, -0.2) is 0 Å². The number of benzene rings is 2. The zero-order chi connectivity index (χ0) is 13.3. The molecule has 0 atom stereocenters. The third-order valence-corrected chi connectivity index (χ3v) is 3.66. The molecule has 0 saturated heterocycles. The number of nitrogens with two attached hydrogens (primary N) is 1. The van der Waals surface area contributed by atoms with Gasteiger partial charge < -0.3 is 11.1 Å². The van der Waals surface area contributed by atoms with E-state index in [2.05, 4.69) is 57.3 Å². The topological polar surface area (TPSA) is 38.0 Å². The van der Waals surface area contributed by atoms with Crippen molar-refractivity contribution >= 4 is 17.1 Å². The lowest BCUT2D eigenvalue weighted by Crippen LogP contribution is -2.01. The normalized spacial score (nSPS) is 10.4. The van der Waals surface area contributed by atoms with Crippen molar-refractivity contribution in [3.05, 3.63) is 52.6 Å². The maximum absolute atomic E-state index is 6.16. The number of hydrogen-bond acceptors (Lipinski definition) is 2. The van der Waals surface area contributed by atoms with Crippen LogP contribution in [0.4, 0.5) is 17.1 Å². The fourth-order valence-corrected chi connectivity index (χ4v) is 1.98. The van der Waals surface area contributed by atoms with E-state index in [1.165, 1.54) is 16.7 Å². The third kappa shape index (κ3) is 2.19. The molecule has 94 valence electrons. The van der Waals surface area contributed by atoms with Gasteiger partial charge in [-0.2, -0.15) is 0 Å². The summed E-state index contributed by atoms with van der Waals surface area (Å²) in [6.07, 6.45) is 0. The molecule has 2 heteroatoms. The fraction of sp³-hybridized carbons (Fsp3) is 0.250. The minimum Gasteiger partial charge on any atom is -0.397 e. The van der Waals surface area contributed by atoms with Gasteiger partial charge in [0.1, 0.15) is 0 Å². The van der Waals surface area contributed by atoms with E-state index in [0.717, 1.165) is 22.6 Å². The molecule has 0 saturated carbocycles. The summed E-state index contributed by atoms with van der Waals surface area (Å²) in [7, 11) is 0.